The minimum Gasteiger partial charge on any atom is -0.310 e. The molecule has 0 aliphatic heterocycles. The molecule has 0 radical (unpaired) electrons. The van der Waals surface area contributed by atoms with Crippen LogP contribution in [-0.2, 0) is 6.42 Å². The maximum atomic E-state index is 14.1. The van der Waals surface area contributed by atoms with Crippen LogP contribution in [0.3, 0.4) is 0 Å². The minimum absolute atomic E-state index is 0.187. The smallest absolute Gasteiger partial charge is 0.128 e. The summed E-state index contributed by atoms with van der Waals surface area (Å²) in [6.07, 6.45) is 0.546. The van der Waals surface area contributed by atoms with Gasteiger partial charge in [-0.1, -0.05) is 28.9 Å². The second kappa shape index (κ2) is 7.14. The molecule has 1 N–H and O–H groups in total. The summed E-state index contributed by atoms with van der Waals surface area (Å²) in [5.74, 6) is -0.515. The van der Waals surface area contributed by atoms with Crippen molar-refractivity contribution in [2.45, 2.75) is 26.3 Å². The monoisotopic (exact) mass is 353 g/mol. The molecule has 0 spiro atoms. The van der Waals surface area contributed by atoms with Gasteiger partial charge in [0.25, 0.3) is 0 Å². The maximum Gasteiger partial charge on any atom is 0.128 e. The Morgan fingerprint density at radius 1 is 1.14 bits per heavy atom. The highest BCUT2D eigenvalue weighted by Crippen LogP contribution is 2.26. The first-order chi connectivity index (χ1) is 10.0. The SMILES string of the molecule is CCNC(Cc1cc(F)ccc1C)c1cc(Br)ccc1F. The Morgan fingerprint density at radius 2 is 1.90 bits per heavy atom. The summed E-state index contributed by atoms with van der Waals surface area (Å²) in [6.45, 7) is 4.63. The van der Waals surface area contributed by atoms with Crippen LogP contribution in [0.1, 0.15) is 29.7 Å². The van der Waals surface area contributed by atoms with Gasteiger partial charge in [0.2, 0.25) is 0 Å². The topological polar surface area (TPSA) is 12.0 Å². The molecule has 0 saturated heterocycles. The van der Waals surface area contributed by atoms with Crippen molar-refractivity contribution in [2.75, 3.05) is 6.54 Å². The molecule has 0 bridgehead atoms. The number of aryl methyl sites for hydroxylation is 1. The molecule has 112 valence electrons. The molecule has 4 heteroatoms. The van der Waals surface area contributed by atoms with Crippen molar-refractivity contribution in [1.82, 2.24) is 5.32 Å². The summed E-state index contributed by atoms with van der Waals surface area (Å²) in [6, 6.07) is 9.43. The summed E-state index contributed by atoms with van der Waals surface area (Å²) in [5, 5.41) is 3.28. The molecule has 2 rings (SSSR count). The minimum atomic E-state index is -0.263. The van der Waals surface area contributed by atoms with E-state index in [9.17, 15) is 8.78 Å². The van der Waals surface area contributed by atoms with E-state index in [4.69, 9.17) is 0 Å². The van der Waals surface area contributed by atoms with Crippen LogP contribution in [0.5, 0.6) is 0 Å². The van der Waals surface area contributed by atoms with E-state index in [1.54, 1.807) is 18.2 Å². The van der Waals surface area contributed by atoms with Gasteiger partial charge in [-0.2, -0.15) is 0 Å². The van der Waals surface area contributed by atoms with Gasteiger partial charge in [0.05, 0.1) is 0 Å². The van der Waals surface area contributed by atoms with E-state index in [0.717, 1.165) is 15.6 Å². The first-order valence-electron chi connectivity index (χ1n) is 6.94. The Bertz CT molecular complexity index is 628. The number of benzene rings is 2. The second-order valence-electron chi connectivity index (χ2n) is 5.05. The zero-order valence-corrected chi connectivity index (χ0v) is 13.7. The fourth-order valence-electron chi connectivity index (χ4n) is 2.40. The van der Waals surface area contributed by atoms with Crippen LogP contribution in [0, 0.1) is 18.6 Å². The van der Waals surface area contributed by atoms with Gasteiger partial charge < -0.3 is 5.32 Å². The van der Waals surface area contributed by atoms with E-state index in [2.05, 4.69) is 21.2 Å². The molecule has 21 heavy (non-hydrogen) atoms. The Balaban J connectivity index is 2.35. The zero-order chi connectivity index (χ0) is 15.4. The lowest BCUT2D eigenvalue weighted by Crippen LogP contribution is -2.24. The van der Waals surface area contributed by atoms with Gasteiger partial charge in [0.15, 0.2) is 0 Å². The van der Waals surface area contributed by atoms with Crippen LogP contribution < -0.4 is 5.32 Å². The number of hydrogen-bond acceptors (Lipinski definition) is 1. The fourth-order valence-corrected chi connectivity index (χ4v) is 2.78. The molecular weight excluding hydrogens is 336 g/mol. The van der Waals surface area contributed by atoms with Crippen molar-refractivity contribution >= 4 is 15.9 Å². The lowest BCUT2D eigenvalue weighted by Gasteiger charge is -2.20. The molecule has 2 aromatic carbocycles. The third-order valence-corrected chi connectivity index (χ3v) is 4.01. The number of likely N-dealkylation sites (N-methyl/N-ethyl adjacent to an activating group) is 1. The zero-order valence-electron chi connectivity index (χ0n) is 12.1. The first-order valence-corrected chi connectivity index (χ1v) is 7.74. The van der Waals surface area contributed by atoms with E-state index >= 15 is 0 Å². The van der Waals surface area contributed by atoms with E-state index < -0.39 is 0 Å². The van der Waals surface area contributed by atoms with Crippen LogP contribution in [0.2, 0.25) is 0 Å². The maximum absolute atomic E-state index is 14.1. The van der Waals surface area contributed by atoms with E-state index in [1.807, 2.05) is 13.8 Å². The largest absolute Gasteiger partial charge is 0.310 e. The van der Waals surface area contributed by atoms with Crippen molar-refractivity contribution < 1.29 is 8.78 Å². The number of hydrogen-bond donors (Lipinski definition) is 1. The molecule has 1 unspecified atom stereocenters. The summed E-state index contributed by atoms with van der Waals surface area (Å²) < 4.78 is 28.3. The van der Waals surface area contributed by atoms with Crippen LogP contribution in [-0.4, -0.2) is 6.54 Å². The molecule has 1 nitrogen and oxygen atoms in total. The average Bonchev–Trinajstić information content (AvgIpc) is 2.45. The standard InChI is InChI=1S/C17H18BrF2N/c1-3-21-17(15-10-13(18)5-7-16(15)20)9-12-8-14(19)6-4-11(12)2/h4-8,10,17,21H,3,9H2,1-2H3. The molecule has 0 fully saturated rings. The third kappa shape index (κ3) is 4.11. The van der Waals surface area contributed by atoms with Crippen LogP contribution in [0.4, 0.5) is 8.78 Å². The molecule has 0 aliphatic carbocycles. The molecule has 0 aromatic heterocycles. The van der Waals surface area contributed by atoms with Gasteiger partial charge in [0, 0.05) is 16.1 Å². The molecule has 0 amide bonds. The van der Waals surface area contributed by atoms with Gasteiger partial charge in [-0.3, -0.25) is 0 Å². The van der Waals surface area contributed by atoms with Gasteiger partial charge >= 0.3 is 0 Å². The van der Waals surface area contributed by atoms with E-state index in [0.29, 0.717) is 18.5 Å². The highest BCUT2D eigenvalue weighted by molar-refractivity contribution is 9.10. The number of nitrogens with one attached hydrogen (secondary N) is 1. The molecule has 0 heterocycles. The molecular formula is C17H18BrF2N. The lowest BCUT2D eigenvalue weighted by atomic mass is 9.95. The Morgan fingerprint density at radius 3 is 2.62 bits per heavy atom. The third-order valence-electron chi connectivity index (χ3n) is 3.52. The second-order valence-corrected chi connectivity index (χ2v) is 5.97. The fraction of sp³-hybridized carbons (Fsp3) is 0.294. The first kappa shape index (κ1) is 16.1. The van der Waals surface area contributed by atoms with Crippen molar-refractivity contribution in [3.63, 3.8) is 0 Å². The Labute approximate surface area is 132 Å². The van der Waals surface area contributed by atoms with Crippen LogP contribution >= 0.6 is 15.9 Å². The predicted octanol–water partition coefficient (Wildman–Crippen LogP) is 4.93. The van der Waals surface area contributed by atoms with Crippen molar-refractivity contribution in [1.29, 1.82) is 0 Å². The van der Waals surface area contributed by atoms with Crippen LogP contribution in [0.25, 0.3) is 0 Å². The molecule has 2 aromatic rings. The van der Waals surface area contributed by atoms with Gasteiger partial charge in [-0.15, -0.1) is 0 Å². The molecule has 0 saturated carbocycles. The summed E-state index contributed by atoms with van der Waals surface area (Å²) in [4.78, 5) is 0. The molecule has 1 atom stereocenters. The number of rotatable bonds is 5. The molecule has 0 aliphatic rings. The highest BCUT2D eigenvalue weighted by atomic mass is 79.9. The number of halogens is 3. The van der Waals surface area contributed by atoms with Gasteiger partial charge in [-0.05, 0) is 61.3 Å². The summed E-state index contributed by atoms with van der Waals surface area (Å²) in [5.41, 5.74) is 2.49. The summed E-state index contributed by atoms with van der Waals surface area (Å²) >= 11 is 3.37. The van der Waals surface area contributed by atoms with Crippen molar-refractivity contribution in [3.8, 4) is 0 Å². The van der Waals surface area contributed by atoms with Crippen molar-refractivity contribution in [3.05, 3.63) is 69.2 Å². The Hall–Kier alpha value is -1.26. The predicted molar refractivity (Wildman–Crippen MR) is 85.4 cm³/mol. The normalized spacial score (nSPS) is 12.4. The van der Waals surface area contributed by atoms with E-state index in [-0.39, 0.29) is 17.7 Å². The van der Waals surface area contributed by atoms with Crippen LogP contribution in [0.15, 0.2) is 40.9 Å². The van der Waals surface area contributed by atoms with Gasteiger partial charge in [0.1, 0.15) is 11.6 Å². The highest BCUT2D eigenvalue weighted by Gasteiger charge is 2.17. The lowest BCUT2D eigenvalue weighted by molar-refractivity contribution is 0.507. The quantitative estimate of drug-likeness (QED) is 0.803. The average molecular weight is 354 g/mol. The van der Waals surface area contributed by atoms with Gasteiger partial charge in [-0.25, -0.2) is 8.78 Å². The summed E-state index contributed by atoms with van der Waals surface area (Å²) in [7, 11) is 0. The van der Waals surface area contributed by atoms with Crippen molar-refractivity contribution in [2.24, 2.45) is 0 Å². The van der Waals surface area contributed by atoms with E-state index in [1.165, 1.54) is 18.2 Å². The Kier molecular flexibility index (Phi) is 5.48.